The van der Waals surface area contributed by atoms with E-state index in [4.69, 9.17) is 9.26 Å². The summed E-state index contributed by atoms with van der Waals surface area (Å²) in [7, 11) is 0. The molecule has 180 valence electrons. The topological polar surface area (TPSA) is 102 Å². The van der Waals surface area contributed by atoms with E-state index in [9.17, 15) is 14.7 Å². The molecule has 5 rings (SSSR count). The number of hydrogen-bond donors (Lipinski definition) is 2. The second kappa shape index (κ2) is 9.23. The van der Waals surface area contributed by atoms with Gasteiger partial charge in [-0.2, -0.15) is 0 Å². The number of rotatable bonds is 5. The first-order valence-electron chi connectivity index (χ1n) is 11.6. The van der Waals surface area contributed by atoms with E-state index in [0.717, 1.165) is 27.5 Å². The fourth-order valence-electron chi connectivity index (χ4n) is 3.97. The van der Waals surface area contributed by atoms with Crippen molar-refractivity contribution in [1.29, 1.82) is 0 Å². The number of nitrogens with one attached hydrogen (secondary N) is 1. The maximum atomic E-state index is 12.6. The molecule has 1 aromatic heterocycles. The average Bonchev–Trinajstić information content (AvgIpc) is 3.60. The molecule has 7 heteroatoms. The molecule has 7 nitrogen and oxygen atoms in total. The van der Waals surface area contributed by atoms with Gasteiger partial charge in [-0.15, -0.1) is 0 Å². The molecule has 0 radical (unpaired) electrons. The van der Waals surface area contributed by atoms with E-state index in [-0.39, 0.29) is 0 Å². The molecule has 0 saturated heterocycles. The maximum Gasteiger partial charge on any atom is 0.412 e. The van der Waals surface area contributed by atoms with Crippen LogP contribution in [0.15, 0.2) is 71.3 Å². The van der Waals surface area contributed by atoms with Crippen LogP contribution in [0.4, 0.5) is 10.5 Å². The Morgan fingerprint density at radius 2 is 1.81 bits per heavy atom. The summed E-state index contributed by atoms with van der Waals surface area (Å²) in [6.07, 6.45) is 0.173. The molecule has 1 fully saturated rings. The molecule has 1 heterocycles. The molecule has 3 aromatic carbocycles. The number of amides is 1. The van der Waals surface area contributed by atoms with Gasteiger partial charge in [0.1, 0.15) is 22.9 Å². The molecule has 1 amide bonds. The van der Waals surface area contributed by atoms with E-state index < -0.39 is 23.6 Å². The fraction of sp³-hybridized carbons (Fsp3) is 0.207. The van der Waals surface area contributed by atoms with Crippen LogP contribution in [-0.4, -0.2) is 22.3 Å². The van der Waals surface area contributed by atoms with Crippen molar-refractivity contribution >= 4 is 28.5 Å². The molecule has 0 aliphatic heterocycles. The molecule has 1 aliphatic rings. The largest absolute Gasteiger partial charge is 0.480 e. The van der Waals surface area contributed by atoms with Crippen molar-refractivity contribution in [3.05, 3.63) is 83.6 Å². The van der Waals surface area contributed by atoms with Crippen molar-refractivity contribution in [3.8, 4) is 23.2 Å². The van der Waals surface area contributed by atoms with E-state index in [1.54, 1.807) is 6.92 Å². The van der Waals surface area contributed by atoms with Gasteiger partial charge in [0, 0.05) is 11.1 Å². The van der Waals surface area contributed by atoms with Crippen molar-refractivity contribution in [2.45, 2.75) is 32.8 Å². The van der Waals surface area contributed by atoms with Gasteiger partial charge < -0.3 is 14.4 Å². The molecule has 2 N–H and O–H groups in total. The van der Waals surface area contributed by atoms with Gasteiger partial charge in [-0.3, -0.25) is 10.1 Å². The minimum Gasteiger partial charge on any atom is -0.480 e. The number of anilines is 1. The quantitative estimate of drug-likeness (QED) is 0.324. The highest BCUT2D eigenvalue weighted by atomic mass is 16.6. The van der Waals surface area contributed by atoms with Gasteiger partial charge in [-0.05, 0) is 61.2 Å². The second-order valence-corrected chi connectivity index (χ2v) is 8.97. The van der Waals surface area contributed by atoms with Crippen molar-refractivity contribution in [3.63, 3.8) is 0 Å². The zero-order valence-corrected chi connectivity index (χ0v) is 19.9. The highest BCUT2D eigenvalue weighted by molar-refractivity contribution is 5.94. The van der Waals surface area contributed by atoms with Gasteiger partial charge in [0.05, 0.1) is 0 Å². The highest BCUT2D eigenvalue weighted by Gasteiger charge is 2.49. The minimum absolute atomic E-state index is 0.418. The first-order valence-corrected chi connectivity index (χ1v) is 11.6. The lowest BCUT2D eigenvalue weighted by atomic mass is 10.0. The van der Waals surface area contributed by atoms with Crippen LogP contribution in [0.2, 0.25) is 0 Å². The van der Waals surface area contributed by atoms with E-state index in [1.165, 1.54) is 0 Å². The molecule has 0 bridgehead atoms. The number of benzene rings is 3. The van der Waals surface area contributed by atoms with Crippen LogP contribution < -0.4 is 5.32 Å². The highest BCUT2D eigenvalue weighted by Crippen LogP contribution is 2.45. The summed E-state index contributed by atoms with van der Waals surface area (Å²) in [4.78, 5) is 24.0. The van der Waals surface area contributed by atoms with Gasteiger partial charge in [-0.1, -0.05) is 65.5 Å². The Morgan fingerprint density at radius 1 is 1.08 bits per heavy atom. The Labute approximate surface area is 208 Å². The lowest BCUT2D eigenvalue weighted by Crippen LogP contribution is -2.16. The fourth-order valence-corrected chi connectivity index (χ4v) is 3.97. The van der Waals surface area contributed by atoms with Crippen LogP contribution in [0.1, 0.15) is 42.7 Å². The number of aromatic nitrogens is 1. The molecule has 36 heavy (non-hydrogen) atoms. The summed E-state index contributed by atoms with van der Waals surface area (Å²) in [5.74, 6) is 5.50. The number of fused-ring (bicyclic) bond motifs is 1. The first kappa shape index (κ1) is 23.2. The SMILES string of the molecule is Cc1noc(-c2ccc3cc(C#CC4(C(=O)O)CC4)ccc3c2)c1NC(=O)OC(C)c1ccccc1. The predicted molar refractivity (Wildman–Crippen MR) is 135 cm³/mol. The monoisotopic (exact) mass is 480 g/mol. The van der Waals surface area contributed by atoms with Gasteiger partial charge in [0.25, 0.3) is 0 Å². The Morgan fingerprint density at radius 3 is 2.53 bits per heavy atom. The van der Waals surface area contributed by atoms with Gasteiger partial charge in [0.2, 0.25) is 0 Å². The molecular formula is C29H24N2O5. The van der Waals surface area contributed by atoms with Crippen molar-refractivity contribution in [2.24, 2.45) is 5.41 Å². The normalized spacial score (nSPS) is 14.4. The van der Waals surface area contributed by atoms with Crippen LogP contribution in [0.5, 0.6) is 0 Å². The third-order valence-electron chi connectivity index (χ3n) is 6.35. The van der Waals surface area contributed by atoms with Gasteiger partial charge >= 0.3 is 12.1 Å². The van der Waals surface area contributed by atoms with E-state index in [2.05, 4.69) is 22.3 Å². The van der Waals surface area contributed by atoms with Crippen LogP contribution in [0.3, 0.4) is 0 Å². The number of nitrogens with zero attached hydrogens (tertiary/aromatic N) is 1. The second-order valence-electron chi connectivity index (χ2n) is 8.97. The molecule has 1 atom stereocenters. The average molecular weight is 481 g/mol. The molecular weight excluding hydrogens is 456 g/mol. The summed E-state index contributed by atoms with van der Waals surface area (Å²) in [6, 6.07) is 21.0. The maximum absolute atomic E-state index is 12.6. The van der Waals surface area contributed by atoms with E-state index in [0.29, 0.717) is 30.0 Å². The number of hydrogen-bond acceptors (Lipinski definition) is 5. The lowest BCUT2D eigenvalue weighted by molar-refractivity contribution is -0.141. The third kappa shape index (κ3) is 4.66. The van der Waals surface area contributed by atoms with Crippen LogP contribution in [0.25, 0.3) is 22.1 Å². The summed E-state index contributed by atoms with van der Waals surface area (Å²) in [5, 5.41) is 18.0. The summed E-state index contributed by atoms with van der Waals surface area (Å²) < 4.78 is 11.1. The summed E-state index contributed by atoms with van der Waals surface area (Å²) >= 11 is 0. The van der Waals surface area contributed by atoms with Gasteiger partial charge in [-0.25, -0.2) is 4.79 Å². The van der Waals surface area contributed by atoms with Crippen LogP contribution in [-0.2, 0) is 9.53 Å². The van der Waals surface area contributed by atoms with Crippen LogP contribution >= 0.6 is 0 Å². The van der Waals surface area contributed by atoms with Crippen molar-refractivity contribution in [1.82, 2.24) is 5.16 Å². The van der Waals surface area contributed by atoms with Gasteiger partial charge in [0.15, 0.2) is 5.76 Å². The smallest absolute Gasteiger partial charge is 0.412 e. The lowest BCUT2D eigenvalue weighted by Gasteiger charge is -2.14. The Balaban J connectivity index is 1.35. The number of carbonyl (C=O) groups excluding carboxylic acids is 1. The number of aliphatic carboxylic acids is 1. The van der Waals surface area contributed by atoms with E-state index in [1.807, 2.05) is 73.7 Å². The Kier molecular flexibility index (Phi) is 5.95. The molecule has 1 aliphatic carbocycles. The molecule has 1 unspecified atom stereocenters. The minimum atomic E-state index is -0.883. The number of ether oxygens (including phenoxy) is 1. The zero-order valence-electron chi connectivity index (χ0n) is 19.9. The Bertz CT molecular complexity index is 1520. The standard InChI is InChI=1S/C29H24N2O5/c1-18-25(30-28(34)35-19(2)21-6-4-3-5-7-21)26(36-31-18)24-11-10-22-16-20(8-9-23(22)17-24)12-13-29(14-15-29)27(32)33/h3-11,16-17,19H,14-15H2,1-2H3,(H,30,34)(H,32,33). The molecule has 0 spiro atoms. The number of aryl methyl sites for hydroxylation is 1. The zero-order chi connectivity index (χ0) is 25.3. The van der Waals surface area contributed by atoms with E-state index >= 15 is 0 Å². The first-order chi connectivity index (χ1) is 17.3. The third-order valence-corrected chi connectivity index (χ3v) is 6.35. The number of carboxylic acid groups (broad SMARTS) is 1. The number of carboxylic acids is 1. The number of carbonyl (C=O) groups is 2. The predicted octanol–water partition coefficient (Wildman–Crippen LogP) is 6.33. The van der Waals surface area contributed by atoms with Crippen LogP contribution in [0, 0.1) is 24.2 Å². The van der Waals surface area contributed by atoms with Crippen molar-refractivity contribution < 1.29 is 24.0 Å². The molecule has 4 aromatic rings. The van der Waals surface area contributed by atoms with Crippen molar-refractivity contribution in [2.75, 3.05) is 5.32 Å². The summed E-state index contributed by atoms with van der Waals surface area (Å²) in [6.45, 7) is 3.56. The summed E-state index contributed by atoms with van der Waals surface area (Å²) in [5.41, 5.74) is 2.50. The molecule has 1 saturated carbocycles. The Hall–Kier alpha value is -4.57.